The minimum absolute atomic E-state index is 0.0916. The van der Waals surface area contributed by atoms with Crippen molar-refractivity contribution in [3.05, 3.63) is 42.0 Å². The molecule has 3 amide bonds. The molecule has 0 saturated carbocycles. The van der Waals surface area contributed by atoms with Crippen LogP contribution in [0.1, 0.15) is 31.7 Å². The van der Waals surface area contributed by atoms with Crippen molar-refractivity contribution >= 4 is 11.9 Å². The first-order valence-corrected chi connectivity index (χ1v) is 8.36. The number of benzene rings is 1. The Morgan fingerprint density at radius 2 is 1.92 bits per heavy atom. The maximum Gasteiger partial charge on any atom is 0.327 e. The average molecular weight is 328 g/mol. The van der Waals surface area contributed by atoms with Crippen LogP contribution in [0.15, 0.2) is 36.4 Å². The van der Waals surface area contributed by atoms with Gasteiger partial charge in [-0.3, -0.25) is 9.69 Å². The van der Waals surface area contributed by atoms with Gasteiger partial charge < -0.3 is 9.64 Å². The van der Waals surface area contributed by atoms with Crippen molar-refractivity contribution in [2.75, 3.05) is 14.2 Å². The zero-order valence-corrected chi connectivity index (χ0v) is 14.5. The Labute approximate surface area is 142 Å². The predicted octanol–water partition coefficient (Wildman–Crippen LogP) is 3.20. The first-order chi connectivity index (χ1) is 11.5. The van der Waals surface area contributed by atoms with Gasteiger partial charge in [-0.25, -0.2) is 4.79 Å². The van der Waals surface area contributed by atoms with Gasteiger partial charge in [-0.1, -0.05) is 24.3 Å². The van der Waals surface area contributed by atoms with Crippen molar-refractivity contribution in [3.63, 3.8) is 0 Å². The molecule has 0 aromatic heterocycles. The fourth-order valence-electron chi connectivity index (χ4n) is 3.69. The van der Waals surface area contributed by atoms with Gasteiger partial charge in [0, 0.05) is 7.05 Å². The van der Waals surface area contributed by atoms with Crippen molar-refractivity contribution < 1.29 is 14.3 Å². The van der Waals surface area contributed by atoms with Crippen LogP contribution in [-0.4, -0.2) is 41.4 Å². The molecule has 5 nitrogen and oxygen atoms in total. The number of imide groups is 1. The minimum Gasteiger partial charge on any atom is -0.497 e. The number of nitrogens with zero attached hydrogens (tertiary/aromatic N) is 2. The predicted molar refractivity (Wildman–Crippen MR) is 91.6 cm³/mol. The van der Waals surface area contributed by atoms with Gasteiger partial charge in [-0.05, 0) is 49.8 Å². The van der Waals surface area contributed by atoms with Crippen LogP contribution < -0.4 is 4.74 Å². The van der Waals surface area contributed by atoms with E-state index in [0.29, 0.717) is 6.54 Å². The molecule has 2 atom stereocenters. The van der Waals surface area contributed by atoms with Crippen LogP contribution in [0.4, 0.5) is 4.79 Å². The molecule has 1 saturated heterocycles. The summed E-state index contributed by atoms with van der Waals surface area (Å²) in [6.07, 6.45) is 7.02. The maximum absolute atomic E-state index is 13.1. The van der Waals surface area contributed by atoms with Gasteiger partial charge in [-0.15, -0.1) is 0 Å². The van der Waals surface area contributed by atoms with E-state index in [1.165, 1.54) is 4.90 Å². The van der Waals surface area contributed by atoms with E-state index in [0.717, 1.165) is 30.6 Å². The molecule has 1 aliphatic carbocycles. The quantitative estimate of drug-likeness (QED) is 0.630. The highest BCUT2D eigenvalue weighted by molar-refractivity contribution is 6.06. The Hall–Kier alpha value is -2.30. The summed E-state index contributed by atoms with van der Waals surface area (Å²) in [6, 6.07) is 7.24. The zero-order chi connectivity index (χ0) is 17.3. The number of likely N-dealkylation sites (N-methyl/N-ethyl adjacent to an activating group) is 1. The van der Waals surface area contributed by atoms with Gasteiger partial charge in [0.15, 0.2) is 0 Å². The van der Waals surface area contributed by atoms with Crippen LogP contribution in [0.5, 0.6) is 5.75 Å². The largest absolute Gasteiger partial charge is 0.497 e. The van der Waals surface area contributed by atoms with E-state index in [1.54, 1.807) is 19.1 Å². The van der Waals surface area contributed by atoms with Gasteiger partial charge in [0.1, 0.15) is 11.3 Å². The number of rotatable bonds is 4. The summed E-state index contributed by atoms with van der Waals surface area (Å²) < 4.78 is 5.15. The number of carbonyl (C=O) groups excluding carboxylic acids is 2. The second kappa shape index (κ2) is 6.30. The van der Waals surface area contributed by atoms with E-state index in [9.17, 15) is 9.59 Å². The number of urea groups is 1. The Bertz CT molecular complexity index is 668. The molecular weight excluding hydrogens is 304 g/mol. The Morgan fingerprint density at radius 3 is 2.50 bits per heavy atom. The lowest BCUT2D eigenvalue weighted by Crippen LogP contribution is -2.51. The molecular formula is C19H24N2O3. The third-order valence-corrected chi connectivity index (χ3v) is 5.46. The number of hydrogen-bond donors (Lipinski definition) is 0. The lowest BCUT2D eigenvalue weighted by molar-refractivity contribution is -0.135. The maximum atomic E-state index is 13.1. The molecule has 2 unspecified atom stereocenters. The van der Waals surface area contributed by atoms with Gasteiger partial charge in [-0.2, -0.15) is 0 Å². The van der Waals surface area contributed by atoms with Gasteiger partial charge in [0.25, 0.3) is 5.91 Å². The highest BCUT2D eigenvalue weighted by Crippen LogP contribution is 2.39. The molecule has 0 N–H and O–H groups in total. The molecule has 128 valence electrons. The molecule has 0 bridgehead atoms. The Kier molecular flexibility index (Phi) is 4.35. The first kappa shape index (κ1) is 16.6. The summed E-state index contributed by atoms with van der Waals surface area (Å²) in [5.74, 6) is 0.838. The summed E-state index contributed by atoms with van der Waals surface area (Å²) in [7, 11) is 3.36. The number of methoxy groups -OCH3 is 1. The average Bonchev–Trinajstić information content (AvgIpc) is 2.79. The van der Waals surface area contributed by atoms with Crippen LogP contribution in [0.2, 0.25) is 0 Å². The number of ether oxygens (including phenoxy) is 1. The zero-order valence-electron chi connectivity index (χ0n) is 14.5. The van der Waals surface area contributed by atoms with Crippen LogP contribution in [-0.2, 0) is 11.3 Å². The summed E-state index contributed by atoms with van der Waals surface area (Å²) in [4.78, 5) is 28.8. The molecule has 0 radical (unpaired) electrons. The van der Waals surface area contributed by atoms with Crippen molar-refractivity contribution in [1.29, 1.82) is 0 Å². The van der Waals surface area contributed by atoms with E-state index in [-0.39, 0.29) is 17.9 Å². The van der Waals surface area contributed by atoms with Gasteiger partial charge in [0.2, 0.25) is 0 Å². The highest BCUT2D eigenvalue weighted by Gasteiger charge is 2.56. The molecule has 2 aliphatic rings. The second-order valence-corrected chi connectivity index (χ2v) is 6.71. The molecule has 1 aromatic rings. The summed E-state index contributed by atoms with van der Waals surface area (Å²) in [5, 5.41) is 0. The minimum atomic E-state index is -0.756. The third kappa shape index (κ3) is 2.58. The topological polar surface area (TPSA) is 49.9 Å². The van der Waals surface area contributed by atoms with E-state index < -0.39 is 5.54 Å². The monoisotopic (exact) mass is 328 g/mol. The molecule has 0 spiro atoms. The molecule has 24 heavy (non-hydrogen) atoms. The molecule has 1 aliphatic heterocycles. The van der Waals surface area contributed by atoms with Gasteiger partial charge in [0.05, 0.1) is 13.7 Å². The normalized spacial score (nSPS) is 27.0. The van der Waals surface area contributed by atoms with Gasteiger partial charge >= 0.3 is 6.03 Å². The molecule has 1 heterocycles. The summed E-state index contributed by atoms with van der Waals surface area (Å²) in [6.45, 7) is 2.20. The Morgan fingerprint density at radius 1 is 1.21 bits per heavy atom. The highest BCUT2D eigenvalue weighted by atomic mass is 16.5. The van der Waals surface area contributed by atoms with E-state index in [2.05, 4.69) is 12.2 Å². The van der Waals surface area contributed by atoms with E-state index >= 15 is 0 Å². The number of amides is 3. The number of allylic oxidation sites excluding steroid dienone is 2. The van der Waals surface area contributed by atoms with Crippen LogP contribution >= 0.6 is 0 Å². The molecule has 1 aromatic carbocycles. The fraction of sp³-hybridized carbons (Fsp3) is 0.474. The SMILES string of the molecule is COc1ccc(CN2C(=O)N(C)C(C)(C3CC=CCC3)C2=O)cc1. The molecule has 1 fully saturated rings. The fourth-order valence-corrected chi connectivity index (χ4v) is 3.69. The molecule has 5 heteroatoms. The smallest absolute Gasteiger partial charge is 0.327 e. The first-order valence-electron chi connectivity index (χ1n) is 8.36. The Balaban J connectivity index is 1.82. The van der Waals surface area contributed by atoms with Crippen molar-refractivity contribution in [2.45, 2.75) is 38.3 Å². The van der Waals surface area contributed by atoms with E-state index in [1.807, 2.05) is 31.2 Å². The van der Waals surface area contributed by atoms with Crippen LogP contribution in [0.25, 0.3) is 0 Å². The standard InChI is InChI=1S/C19H24N2O3/c1-19(15-7-5-4-6-8-15)17(22)21(18(23)20(19)2)13-14-9-11-16(24-3)12-10-14/h4-5,9-12,15H,6-8,13H2,1-3H3. The van der Waals surface area contributed by atoms with E-state index in [4.69, 9.17) is 4.74 Å². The van der Waals surface area contributed by atoms with Crippen molar-refractivity contribution in [3.8, 4) is 5.75 Å². The van der Waals surface area contributed by atoms with Crippen molar-refractivity contribution in [1.82, 2.24) is 9.80 Å². The lowest BCUT2D eigenvalue weighted by atomic mass is 9.77. The molecule has 3 rings (SSSR count). The number of hydrogen-bond acceptors (Lipinski definition) is 3. The number of carbonyl (C=O) groups is 2. The summed E-state index contributed by atoms with van der Waals surface area (Å²) in [5.41, 5.74) is 0.160. The second-order valence-electron chi connectivity index (χ2n) is 6.71. The van der Waals surface area contributed by atoms with Crippen LogP contribution in [0.3, 0.4) is 0 Å². The summed E-state index contributed by atoms with van der Waals surface area (Å²) >= 11 is 0. The van der Waals surface area contributed by atoms with Crippen LogP contribution in [0, 0.1) is 5.92 Å². The lowest BCUT2D eigenvalue weighted by Gasteiger charge is -2.37. The van der Waals surface area contributed by atoms with Crippen molar-refractivity contribution in [2.24, 2.45) is 5.92 Å². The third-order valence-electron chi connectivity index (χ3n) is 5.46.